The van der Waals surface area contributed by atoms with Crippen LogP contribution in [0.4, 0.5) is 0 Å². The number of methoxy groups -OCH3 is 1. The molecule has 2 N–H and O–H groups in total. The van der Waals surface area contributed by atoms with E-state index >= 15 is 0 Å². The Balaban J connectivity index is 0.00000214. The van der Waals surface area contributed by atoms with Gasteiger partial charge in [-0.1, -0.05) is 32.8 Å². The normalized spacial score (nSPS) is 16.3. The Bertz CT molecular complexity index is 2030. The van der Waals surface area contributed by atoms with Gasteiger partial charge in [-0.25, -0.2) is 10.4 Å². The van der Waals surface area contributed by atoms with Gasteiger partial charge in [-0.3, -0.25) is 29.3 Å². The van der Waals surface area contributed by atoms with E-state index in [1.165, 1.54) is 18.3 Å². The van der Waals surface area contributed by atoms with Crippen molar-refractivity contribution in [2.45, 2.75) is 111 Å². The van der Waals surface area contributed by atoms with Crippen molar-refractivity contribution in [3.05, 3.63) is 58.2 Å². The molecule has 2 amide bonds. The summed E-state index contributed by atoms with van der Waals surface area (Å²) in [7, 11) is 5.60. The van der Waals surface area contributed by atoms with Crippen LogP contribution in [-0.4, -0.2) is 102 Å². The molecule has 6 rings (SSSR count). The standard InChI is InChI=1S/C43H59N7O5S.C2H4O/c1-8-49-36-18-17-30(22-32(36)33(24-43(3,4)26-55-27-51)40(49)31-16-13-19-44-38(31)28(2)54-7)35-25-56-37(46-35)23-34(42(53)50-21-12-11-20-45-50)47-41(52)39(48(5)6)29-14-9-10-15-29;1-2-3/h13,16-19,22,25,27-29,34,39,45H,8-12,14-15,20-21,23-24,26H2,1-7H3,(H,47,52);2H,1H3. The van der Waals surface area contributed by atoms with E-state index in [1.54, 1.807) is 18.3 Å². The number of ether oxygens (including phenoxy) is 2. The summed E-state index contributed by atoms with van der Waals surface area (Å²) in [5, 5.41) is 8.78. The highest BCUT2D eigenvalue weighted by atomic mass is 32.1. The van der Waals surface area contributed by atoms with E-state index in [9.17, 15) is 14.4 Å². The smallest absolute Gasteiger partial charge is 0.293 e. The topological polar surface area (TPSA) is 148 Å². The Kier molecular flexibility index (Phi) is 16.3. The zero-order valence-electron chi connectivity index (χ0n) is 36.1. The average Bonchev–Trinajstić information content (AvgIpc) is 4.00. The van der Waals surface area contributed by atoms with Crippen LogP contribution >= 0.6 is 11.3 Å². The molecule has 3 aromatic heterocycles. The Morgan fingerprint density at radius 2 is 1.88 bits per heavy atom. The number of aromatic nitrogens is 3. The van der Waals surface area contributed by atoms with E-state index in [0.29, 0.717) is 25.9 Å². The first kappa shape index (κ1) is 45.6. The van der Waals surface area contributed by atoms with Gasteiger partial charge in [0.05, 0.1) is 40.8 Å². The van der Waals surface area contributed by atoms with Gasteiger partial charge in [-0.05, 0) is 103 Å². The predicted octanol–water partition coefficient (Wildman–Crippen LogP) is 6.78. The number of benzene rings is 1. The number of pyridine rings is 1. The first-order valence-corrected chi connectivity index (χ1v) is 21.8. The lowest BCUT2D eigenvalue weighted by Gasteiger charge is -2.33. The summed E-state index contributed by atoms with van der Waals surface area (Å²) in [6.45, 7) is 12.7. The maximum absolute atomic E-state index is 14.0. The molecule has 1 aliphatic carbocycles. The van der Waals surface area contributed by atoms with Crippen molar-refractivity contribution < 1.29 is 28.7 Å². The number of nitrogens with one attached hydrogen (secondary N) is 2. The van der Waals surface area contributed by atoms with E-state index < -0.39 is 6.04 Å². The molecule has 1 saturated carbocycles. The van der Waals surface area contributed by atoms with Crippen molar-refractivity contribution in [3.8, 4) is 22.5 Å². The fraction of sp³-hybridized carbons (Fsp3) is 0.556. The minimum absolute atomic E-state index is 0.0959. The van der Waals surface area contributed by atoms with Gasteiger partial charge < -0.3 is 24.2 Å². The van der Waals surface area contributed by atoms with Crippen LogP contribution < -0.4 is 10.7 Å². The molecule has 2 aliphatic rings. The molecule has 1 aliphatic heterocycles. The lowest BCUT2D eigenvalue weighted by Crippen LogP contribution is -2.58. The molecular formula is C45H63N7O6S. The summed E-state index contributed by atoms with van der Waals surface area (Å²) < 4.78 is 13.4. The van der Waals surface area contributed by atoms with Crippen LogP contribution in [0, 0.1) is 11.3 Å². The molecule has 0 bridgehead atoms. The van der Waals surface area contributed by atoms with Gasteiger partial charge in [0.15, 0.2) is 0 Å². The van der Waals surface area contributed by atoms with Crippen LogP contribution in [0.3, 0.4) is 0 Å². The third-order valence-electron chi connectivity index (χ3n) is 11.4. The third-order valence-corrected chi connectivity index (χ3v) is 12.3. The van der Waals surface area contributed by atoms with Crippen LogP contribution in [0.5, 0.6) is 0 Å². The number of hydrazine groups is 1. The molecule has 59 heavy (non-hydrogen) atoms. The first-order chi connectivity index (χ1) is 28.4. The molecule has 0 radical (unpaired) electrons. The van der Waals surface area contributed by atoms with Crippen molar-refractivity contribution in [1.29, 1.82) is 0 Å². The number of likely N-dealkylation sites (N-methyl/N-ethyl adjacent to an activating group) is 1. The fourth-order valence-electron chi connectivity index (χ4n) is 8.62. The maximum Gasteiger partial charge on any atom is 0.293 e. The lowest BCUT2D eigenvalue weighted by molar-refractivity contribution is -0.141. The predicted molar refractivity (Wildman–Crippen MR) is 233 cm³/mol. The fourth-order valence-corrected chi connectivity index (χ4v) is 9.47. The zero-order valence-corrected chi connectivity index (χ0v) is 36.9. The number of carbonyl (C=O) groups excluding carboxylic acids is 4. The number of fused-ring (bicyclic) bond motifs is 1. The second kappa shape index (κ2) is 21.1. The van der Waals surface area contributed by atoms with Gasteiger partial charge in [-0.15, -0.1) is 11.3 Å². The van der Waals surface area contributed by atoms with Crippen molar-refractivity contribution in [3.63, 3.8) is 0 Å². The van der Waals surface area contributed by atoms with Crippen LogP contribution in [0.1, 0.15) is 95.5 Å². The van der Waals surface area contributed by atoms with Crippen molar-refractivity contribution in [1.82, 2.24) is 35.2 Å². The van der Waals surface area contributed by atoms with Gasteiger partial charge in [-0.2, -0.15) is 0 Å². The number of hydrogen-bond acceptors (Lipinski definition) is 11. The summed E-state index contributed by atoms with van der Waals surface area (Å²) in [5.41, 5.74) is 9.81. The Morgan fingerprint density at radius 3 is 2.53 bits per heavy atom. The molecule has 4 aromatic rings. The molecule has 13 nitrogen and oxygen atoms in total. The van der Waals surface area contributed by atoms with E-state index in [1.807, 2.05) is 37.4 Å². The minimum atomic E-state index is -0.745. The molecule has 3 atom stereocenters. The van der Waals surface area contributed by atoms with Crippen LogP contribution in [0.15, 0.2) is 41.9 Å². The van der Waals surface area contributed by atoms with Gasteiger partial charge >= 0.3 is 0 Å². The van der Waals surface area contributed by atoms with Crippen LogP contribution in [0.25, 0.3) is 33.4 Å². The van der Waals surface area contributed by atoms with Crippen molar-refractivity contribution in [2.75, 3.05) is 40.9 Å². The summed E-state index contributed by atoms with van der Waals surface area (Å²) in [6.07, 6.45) is 9.51. The molecule has 1 aromatic carbocycles. The number of amides is 2. The van der Waals surface area contributed by atoms with E-state index in [2.05, 4.69) is 60.3 Å². The molecule has 2 fully saturated rings. The number of rotatable bonds is 17. The van der Waals surface area contributed by atoms with Crippen LogP contribution in [-0.2, 0) is 48.0 Å². The molecule has 3 unspecified atom stereocenters. The molecule has 0 spiro atoms. The SMILES string of the molecule is CC=O.CCn1c(-c2cccnc2C(C)OC)c(CC(C)(C)COC=O)c2cc(-c3csc(CC(NC(=O)C(C4CCCC4)N(C)C)C(=O)N4CCCCN4)n3)ccc21. The quantitative estimate of drug-likeness (QED) is 0.109. The maximum atomic E-state index is 14.0. The van der Waals surface area contributed by atoms with E-state index in [0.717, 1.165) is 108 Å². The molecule has 320 valence electrons. The minimum Gasteiger partial charge on any atom is -0.467 e. The Morgan fingerprint density at radius 1 is 1.14 bits per heavy atom. The van der Waals surface area contributed by atoms with E-state index in [-0.39, 0.29) is 41.9 Å². The first-order valence-electron chi connectivity index (χ1n) is 20.9. The monoisotopic (exact) mass is 829 g/mol. The number of nitrogens with zero attached hydrogens (tertiary/aromatic N) is 5. The number of hydrogen-bond donors (Lipinski definition) is 2. The lowest BCUT2D eigenvalue weighted by atomic mass is 9.84. The van der Waals surface area contributed by atoms with Crippen molar-refractivity contribution >= 4 is 46.8 Å². The van der Waals surface area contributed by atoms with Gasteiger partial charge in [0.2, 0.25) is 5.91 Å². The largest absolute Gasteiger partial charge is 0.467 e. The van der Waals surface area contributed by atoms with Crippen LogP contribution in [0.2, 0.25) is 0 Å². The highest BCUT2D eigenvalue weighted by Gasteiger charge is 2.36. The Hall–Kier alpha value is -4.50. The second-order valence-corrected chi connectivity index (χ2v) is 17.5. The van der Waals surface area contributed by atoms with Gasteiger partial charge in [0.25, 0.3) is 12.4 Å². The summed E-state index contributed by atoms with van der Waals surface area (Å²) in [5.74, 6) is 0.0535. The number of thiazole rings is 1. The third kappa shape index (κ3) is 11.0. The highest BCUT2D eigenvalue weighted by Crippen LogP contribution is 2.42. The zero-order chi connectivity index (χ0) is 42.7. The number of aldehydes is 1. The van der Waals surface area contributed by atoms with Gasteiger partial charge in [0.1, 0.15) is 12.3 Å². The molecule has 1 saturated heterocycles. The second-order valence-electron chi connectivity index (χ2n) is 16.6. The van der Waals surface area contributed by atoms with Crippen molar-refractivity contribution in [2.24, 2.45) is 11.3 Å². The summed E-state index contributed by atoms with van der Waals surface area (Å²) in [4.78, 5) is 59.9. The average molecular weight is 830 g/mol. The summed E-state index contributed by atoms with van der Waals surface area (Å²) in [6, 6.07) is 9.50. The number of carbonyl (C=O) groups is 4. The van der Waals surface area contributed by atoms with Gasteiger partial charge in [0, 0.05) is 72.2 Å². The highest BCUT2D eigenvalue weighted by molar-refractivity contribution is 7.10. The molecular weight excluding hydrogens is 767 g/mol. The Labute approximate surface area is 353 Å². The molecule has 14 heteroatoms. The van der Waals surface area contributed by atoms with E-state index in [4.69, 9.17) is 24.2 Å². The number of aryl methyl sites for hydroxylation is 1. The summed E-state index contributed by atoms with van der Waals surface area (Å²) >= 11 is 1.51. The molecule has 4 heterocycles.